The minimum absolute atomic E-state index is 0. The van der Waals surface area contributed by atoms with Crippen molar-refractivity contribution in [3.63, 3.8) is 0 Å². The van der Waals surface area contributed by atoms with Gasteiger partial charge >= 0.3 is 5.97 Å². The van der Waals surface area contributed by atoms with Crippen LogP contribution in [0.3, 0.4) is 0 Å². The molecule has 3 saturated heterocycles. The summed E-state index contributed by atoms with van der Waals surface area (Å²) < 4.78 is 0. The van der Waals surface area contributed by atoms with Crippen molar-refractivity contribution < 1.29 is 29.4 Å². The van der Waals surface area contributed by atoms with E-state index in [1.165, 1.54) is 16.7 Å². The third kappa shape index (κ3) is 4.46. The SMILES string of the molecule is C[C@@H](O)[C@H]1C(=O)N2C(C(=O)O)=C(S[C@@H]3CN[C@H](C(=O)N4CCNC(C(N)=O)C4)C3)[C@H](C)[C@H]12.Cl. The Hall–Kier alpha value is -1.86. The number of thioether (sulfide) groups is 1. The summed E-state index contributed by atoms with van der Waals surface area (Å²) in [6, 6.07) is -1.34. The van der Waals surface area contributed by atoms with Crippen LogP contribution >= 0.6 is 24.2 Å². The molecule has 1 unspecified atom stereocenters. The van der Waals surface area contributed by atoms with Gasteiger partial charge in [-0.15, -0.1) is 24.2 Å². The fourth-order valence-electron chi connectivity index (χ4n) is 5.20. The number of primary amides is 1. The van der Waals surface area contributed by atoms with Crippen molar-refractivity contribution in [3.8, 4) is 0 Å². The number of nitrogens with zero attached hydrogens (tertiary/aromatic N) is 2. The van der Waals surface area contributed by atoms with Crippen molar-refractivity contribution in [1.29, 1.82) is 0 Å². The monoisotopic (exact) mass is 503 g/mol. The van der Waals surface area contributed by atoms with Gasteiger partial charge in [-0.25, -0.2) is 4.79 Å². The molecule has 0 spiro atoms. The summed E-state index contributed by atoms with van der Waals surface area (Å²) in [5, 5.41) is 25.9. The van der Waals surface area contributed by atoms with Gasteiger partial charge in [0.2, 0.25) is 17.7 Å². The number of carboxylic acid groups (broad SMARTS) is 1. The lowest BCUT2D eigenvalue weighted by Crippen LogP contribution is -2.63. The van der Waals surface area contributed by atoms with E-state index in [0.717, 1.165) is 0 Å². The largest absolute Gasteiger partial charge is 0.477 e. The fraction of sp³-hybridized carbons (Fsp3) is 0.700. The minimum Gasteiger partial charge on any atom is -0.477 e. The lowest BCUT2D eigenvalue weighted by Gasteiger charge is -2.46. The van der Waals surface area contributed by atoms with Gasteiger partial charge in [-0.2, -0.15) is 0 Å². The molecule has 13 heteroatoms. The fourth-order valence-corrected chi connectivity index (χ4v) is 6.68. The molecule has 4 rings (SSSR count). The van der Waals surface area contributed by atoms with Crippen LogP contribution in [-0.4, -0.2) is 99.4 Å². The van der Waals surface area contributed by atoms with Crippen molar-refractivity contribution >= 4 is 47.9 Å². The summed E-state index contributed by atoms with van der Waals surface area (Å²) in [7, 11) is 0. The standard InChI is InChI=1S/C20H29N5O6S.ClH/c1-8-14-13(9(2)26)19(29)25(14)15(20(30)31)16(8)32-10-5-11(23-6-10)18(28)24-4-3-22-12(7-24)17(21)27;/h8-14,22-23,26H,3-7H2,1-2H3,(H2,21,27)(H,30,31);1H/t8-,9-,10+,11+,12?,13-,14-;/m1./s1. The number of aliphatic hydroxyl groups is 1. The maximum Gasteiger partial charge on any atom is 0.353 e. The number of nitrogens with two attached hydrogens (primary N) is 1. The zero-order valence-corrected chi connectivity index (χ0v) is 20.0. The second-order valence-electron chi connectivity index (χ2n) is 8.90. The summed E-state index contributed by atoms with van der Waals surface area (Å²) in [5.74, 6) is -2.90. The van der Waals surface area contributed by atoms with E-state index in [2.05, 4.69) is 10.6 Å². The zero-order valence-electron chi connectivity index (χ0n) is 18.4. The van der Waals surface area contributed by atoms with E-state index >= 15 is 0 Å². The number of rotatable bonds is 6. The predicted octanol–water partition coefficient (Wildman–Crippen LogP) is -1.69. The van der Waals surface area contributed by atoms with Gasteiger partial charge in [-0.3, -0.25) is 14.4 Å². The Morgan fingerprint density at radius 2 is 1.94 bits per heavy atom. The van der Waals surface area contributed by atoms with Crippen molar-refractivity contribution in [2.24, 2.45) is 17.6 Å². The molecular weight excluding hydrogens is 474 g/mol. The molecule has 0 saturated carbocycles. The average Bonchev–Trinajstić information content (AvgIpc) is 3.29. The molecule has 0 aromatic rings. The number of nitrogens with one attached hydrogen (secondary N) is 2. The number of amides is 3. The van der Waals surface area contributed by atoms with Crippen LogP contribution in [0.2, 0.25) is 0 Å². The molecule has 0 radical (unpaired) electrons. The van der Waals surface area contributed by atoms with Gasteiger partial charge in [0.05, 0.1) is 24.1 Å². The number of hydrogen-bond acceptors (Lipinski definition) is 8. The number of carboxylic acids is 1. The molecule has 3 amide bonds. The predicted molar refractivity (Wildman–Crippen MR) is 122 cm³/mol. The van der Waals surface area contributed by atoms with Gasteiger partial charge in [-0.1, -0.05) is 6.92 Å². The molecule has 3 fully saturated rings. The van der Waals surface area contributed by atoms with Crippen LogP contribution in [0.25, 0.3) is 0 Å². The summed E-state index contributed by atoms with van der Waals surface area (Å²) >= 11 is 1.40. The molecule has 0 bridgehead atoms. The number of carbonyl (C=O) groups is 4. The van der Waals surface area contributed by atoms with Crippen LogP contribution in [0.1, 0.15) is 20.3 Å². The van der Waals surface area contributed by atoms with Gasteiger partial charge in [0.25, 0.3) is 0 Å². The van der Waals surface area contributed by atoms with Gasteiger partial charge in [0.1, 0.15) is 11.7 Å². The molecule has 0 aromatic carbocycles. The van der Waals surface area contributed by atoms with Crippen LogP contribution in [0.4, 0.5) is 0 Å². The zero-order chi connectivity index (χ0) is 23.3. The maximum absolute atomic E-state index is 13.0. The number of fused-ring (bicyclic) bond motifs is 1. The molecule has 4 aliphatic heterocycles. The molecule has 184 valence electrons. The van der Waals surface area contributed by atoms with Crippen molar-refractivity contribution in [3.05, 3.63) is 10.6 Å². The second-order valence-corrected chi connectivity index (χ2v) is 10.2. The number of piperazine rings is 1. The molecule has 33 heavy (non-hydrogen) atoms. The number of aliphatic carboxylic acids is 1. The molecule has 0 aromatic heterocycles. The first kappa shape index (κ1) is 25.8. The Balaban J connectivity index is 0.00000306. The van der Waals surface area contributed by atoms with Crippen molar-refractivity contribution in [1.82, 2.24) is 20.4 Å². The molecule has 4 aliphatic rings. The average molecular weight is 504 g/mol. The summed E-state index contributed by atoms with van der Waals surface area (Å²) in [5.41, 5.74) is 5.35. The minimum atomic E-state index is -1.16. The van der Waals surface area contributed by atoms with Crippen LogP contribution in [0, 0.1) is 11.8 Å². The van der Waals surface area contributed by atoms with Crippen LogP contribution in [0.15, 0.2) is 10.6 Å². The topological polar surface area (TPSA) is 165 Å². The Labute approximate surface area is 201 Å². The number of β-lactam (4-membered cyclic amide) rings is 1. The molecular formula is C20H30ClN5O6S. The first-order valence-electron chi connectivity index (χ1n) is 10.8. The van der Waals surface area contributed by atoms with Crippen molar-refractivity contribution in [2.75, 3.05) is 26.2 Å². The van der Waals surface area contributed by atoms with E-state index < -0.39 is 36.0 Å². The van der Waals surface area contributed by atoms with Gasteiger partial charge in [0.15, 0.2) is 0 Å². The summed E-state index contributed by atoms with van der Waals surface area (Å²) in [6.07, 6.45) is -0.333. The Morgan fingerprint density at radius 3 is 2.55 bits per heavy atom. The van der Waals surface area contributed by atoms with Crippen LogP contribution in [-0.2, 0) is 19.2 Å². The number of aliphatic hydroxyl groups excluding tert-OH is 1. The van der Waals surface area contributed by atoms with E-state index in [9.17, 15) is 29.4 Å². The highest BCUT2D eigenvalue weighted by atomic mass is 35.5. The van der Waals surface area contributed by atoms with Gasteiger partial charge in [-0.05, 0) is 13.3 Å². The highest BCUT2D eigenvalue weighted by Gasteiger charge is 2.60. The third-order valence-electron chi connectivity index (χ3n) is 6.82. The van der Waals surface area contributed by atoms with E-state index in [1.807, 2.05) is 6.92 Å². The van der Waals surface area contributed by atoms with Crippen LogP contribution < -0.4 is 16.4 Å². The Morgan fingerprint density at radius 1 is 1.24 bits per heavy atom. The third-order valence-corrected chi connectivity index (χ3v) is 8.34. The highest BCUT2D eigenvalue weighted by molar-refractivity contribution is 8.03. The lowest BCUT2D eigenvalue weighted by molar-refractivity contribution is -0.163. The summed E-state index contributed by atoms with van der Waals surface area (Å²) in [6.45, 7) is 5.17. The molecule has 11 nitrogen and oxygen atoms in total. The van der Waals surface area contributed by atoms with Gasteiger partial charge < -0.3 is 36.4 Å². The first-order chi connectivity index (χ1) is 15.1. The smallest absolute Gasteiger partial charge is 0.353 e. The van der Waals surface area contributed by atoms with E-state index in [-0.39, 0.29) is 53.7 Å². The van der Waals surface area contributed by atoms with Gasteiger partial charge in [0, 0.05) is 42.3 Å². The molecule has 4 heterocycles. The highest BCUT2D eigenvalue weighted by Crippen LogP contribution is 2.51. The Kier molecular flexibility index (Phi) is 7.64. The summed E-state index contributed by atoms with van der Waals surface area (Å²) in [4.78, 5) is 52.4. The number of carbonyl (C=O) groups excluding carboxylic acids is 3. The lowest BCUT2D eigenvalue weighted by atomic mass is 9.79. The Bertz CT molecular complexity index is 885. The molecule has 7 atom stereocenters. The van der Waals surface area contributed by atoms with E-state index in [4.69, 9.17) is 5.73 Å². The van der Waals surface area contributed by atoms with E-state index in [1.54, 1.807) is 11.8 Å². The van der Waals surface area contributed by atoms with E-state index in [0.29, 0.717) is 31.0 Å². The second kappa shape index (κ2) is 9.79. The van der Waals surface area contributed by atoms with Crippen molar-refractivity contribution in [2.45, 2.75) is 49.7 Å². The maximum atomic E-state index is 13.0. The molecule has 6 N–H and O–H groups in total. The first-order valence-corrected chi connectivity index (χ1v) is 11.7. The number of halogens is 1. The molecule has 0 aliphatic carbocycles. The normalized spacial score (nSPS) is 34.5. The quantitative estimate of drug-likeness (QED) is 0.266. The number of hydrogen-bond donors (Lipinski definition) is 5. The van der Waals surface area contributed by atoms with Crippen LogP contribution in [0.5, 0.6) is 0 Å².